The summed E-state index contributed by atoms with van der Waals surface area (Å²) in [5.74, 6) is 1.42. The molecule has 3 heteroatoms. The van der Waals surface area contributed by atoms with Crippen LogP contribution in [0.2, 0.25) is 3.63 Å². The predicted octanol–water partition coefficient (Wildman–Crippen LogP) is 8.22. The summed E-state index contributed by atoms with van der Waals surface area (Å²) in [4.78, 5) is 0. The predicted molar refractivity (Wildman–Crippen MR) is 230 cm³/mol. The van der Waals surface area contributed by atoms with E-state index in [9.17, 15) is 0 Å². The normalized spacial score (nSPS) is 38.1. The van der Waals surface area contributed by atoms with Crippen molar-refractivity contribution in [3.8, 4) is 0 Å². The van der Waals surface area contributed by atoms with Crippen LogP contribution in [0.1, 0.15) is 124 Å². The van der Waals surface area contributed by atoms with Gasteiger partial charge in [-0.15, -0.1) is 0 Å². The van der Waals surface area contributed by atoms with Crippen LogP contribution >= 0.6 is 0 Å². The van der Waals surface area contributed by atoms with Crippen molar-refractivity contribution in [2.75, 3.05) is 0 Å². The Morgan fingerprint density at radius 3 is 1.52 bits per heavy atom. The first kappa shape index (κ1) is 43.3. The zero-order valence-electron chi connectivity index (χ0n) is 36.0. The Morgan fingerprint density at radius 1 is 0.589 bits per heavy atom. The molecule has 0 bridgehead atoms. The molecule has 56 heavy (non-hydrogen) atoms. The molecule has 0 aliphatic heterocycles. The number of halogens is 2. The summed E-state index contributed by atoms with van der Waals surface area (Å²) < 4.78 is 3.94. The van der Waals surface area contributed by atoms with Gasteiger partial charge in [-0.1, -0.05) is 0 Å². The van der Waals surface area contributed by atoms with Crippen LogP contribution in [0.3, 0.4) is 0 Å². The van der Waals surface area contributed by atoms with Gasteiger partial charge in [0.25, 0.3) is 0 Å². The van der Waals surface area contributed by atoms with Gasteiger partial charge in [0.05, 0.1) is 0 Å². The Kier molecular flexibility index (Phi) is 11.2. The molecule has 2 saturated carbocycles. The summed E-state index contributed by atoms with van der Waals surface area (Å²) in [5, 5.41) is 0. The van der Waals surface area contributed by atoms with Crippen molar-refractivity contribution in [2.24, 2.45) is 43.8 Å². The van der Waals surface area contributed by atoms with Crippen LogP contribution in [-0.4, -0.2) is 3.21 Å². The molecular weight excluding hydrogens is 799 g/mol. The van der Waals surface area contributed by atoms with Gasteiger partial charge < -0.3 is 24.8 Å². The van der Waals surface area contributed by atoms with Crippen LogP contribution in [-0.2, 0) is 21.3 Å². The van der Waals surface area contributed by atoms with Gasteiger partial charge >= 0.3 is 338 Å². The van der Waals surface area contributed by atoms with Gasteiger partial charge in [0.1, 0.15) is 0 Å². The van der Waals surface area contributed by atoms with E-state index in [1.54, 1.807) is 12.1 Å². The van der Waals surface area contributed by atoms with Crippen LogP contribution in [0.25, 0.3) is 0 Å². The summed E-state index contributed by atoms with van der Waals surface area (Å²) in [6, 6.07) is 19.7. The van der Waals surface area contributed by atoms with Crippen molar-refractivity contribution >= 4 is 3.21 Å². The average Bonchev–Trinajstić information content (AvgIpc) is 3.74. The van der Waals surface area contributed by atoms with E-state index in [1.807, 2.05) is 0 Å². The molecule has 0 saturated heterocycles. The number of hydrogen-bond donors (Lipinski definition) is 0. The molecule has 0 nitrogen and oxygen atoms in total. The third kappa shape index (κ3) is 5.08. The largest absolute Gasteiger partial charge is 1.00 e. The van der Waals surface area contributed by atoms with Gasteiger partial charge in [-0.25, -0.2) is 0 Å². The Morgan fingerprint density at radius 2 is 1.05 bits per heavy atom. The Hall–Kier alpha value is -2.31. The second kappa shape index (κ2) is 14.5. The van der Waals surface area contributed by atoms with E-state index in [-0.39, 0.29) is 62.7 Å². The van der Waals surface area contributed by atoms with Crippen LogP contribution in [0, 0.1) is 43.8 Å². The van der Waals surface area contributed by atoms with Crippen molar-refractivity contribution in [2.45, 2.75) is 105 Å². The molecule has 0 radical (unpaired) electrons. The van der Waals surface area contributed by atoms with Gasteiger partial charge in [0.2, 0.25) is 0 Å². The maximum Gasteiger partial charge on any atom is -1.00 e. The molecule has 0 spiro atoms. The van der Waals surface area contributed by atoms with Crippen molar-refractivity contribution in [1.29, 1.82) is 0 Å². The van der Waals surface area contributed by atoms with Crippen molar-refractivity contribution in [3.63, 3.8) is 0 Å². The topological polar surface area (TPSA) is 0 Å². The maximum atomic E-state index is 2.83. The summed E-state index contributed by atoms with van der Waals surface area (Å²) in [6.45, 7) is 30.7. The smallest absolute Gasteiger partial charge is 1.00 e. The Labute approximate surface area is 360 Å². The zero-order valence-corrected chi connectivity index (χ0v) is 39.9. The minimum absolute atomic E-state index is 0. The van der Waals surface area contributed by atoms with Crippen molar-refractivity contribution in [3.05, 3.63) is 165 Å². The van der Waals surface area contributed by atoms with E-state index in [0.29, 0.717) is 21.4 Å². The molecule has 0 amide bonds. The second-order valence-corrected chi connectivity index (χ2v) is 26.1. The van der Waals surface area contributed by atoms with Gasteiger partial charge in [-0.2, -0.15) is 0 Å². The third-order valence-electron chi connectivity index (χ3n) is 17.9. The number of fused-ring (bicyclic) bond motifs is 8. The number of rotatable bonds is 6. The second-order valence-electron chi connectivity index (χ2n) is 19.7. The number of allylic oxidation sites excluding steroid dienone is 16. The maximum absolute atomic E-state index is 3.00. The van der Waals surface area contributed by atoms with Gasteiger partial charge in [-0.05, 0) is 0 Å². The fraction of sp³-hybridized carbons (Fsp3) is 0.453. The van der Waals surface area contributed by atoms with Crippen LogP contribution in [0.4, 0.5) is 0 Å². The molecule has 0 N–H and O–H groups in total. The fourth-order valence-electron chi connectivity index (χ4n) is 13.9. The standard InChI is InChI=1S/C29H37.C19H22.C5H5.2ClH.Zr/c1-21-14-13-15-22-20-27(6)25(4)18-10-9-16-23(25,2)24(3)17-11-12-19-26(24,5)29(27,8)28(21,22)7;1-14(2)18-9-5-16(6-10-18)13-17-7-11-19(12-8-17)15(3)4;1-2-4-5-3-1;;;/h9-20,22H,1-8H3;5-12,14-15H,1-4H3;1-3H,4H2;2*1H;/q;;;;;+2/p-2. The minimum Gasteiger partial charge on any atom is -1.00 e. The summed E-state index contributed by atoms with van der Waals surface area (Å²) in [7, 11) is 0. The summed E-state index contributed by atoms with van der Waals surface area (Å²) in [6.07, 6.45) is 36.4. The first-order valence-corrected chi connectivity index (χ1v) is 24.8. The van der Waals surface area contributed by atoms with Crippen LogP contribution < -0.4 is 24.8 Å². The molecule has 8 rings (SSSR count). The first-order valence-electron chi connectivity index (χ1n) is 20.9. The fourth-order valence-corrected chi connectivity index (χ4v) is 25.2. The summed E-state index contributed by atoms with van der Waals surface area (Å²) >= 11 is -3.00. The molecule has 9 unspecified atom stereocenters. The monoisotopic (exact) mass is 860 g/mol. The molecule has 2 fully saturated rings. The molecule has 0 heterocycles. The molecular formula is C53H64Cl2Zr. The van der Waals surface area contributed by atoms with Crippen LogP contribution in [0.5, 0.6) is 0 Å². The van der Waals surface area contributed by atoms with Gasteiger partial charge in [0.15, 0.2) is 0 Å². The van der Waals surface area contributed by atoms with Gasteiger partial charge in [0, 0.05) is 0 Å². The van der Waals surface area contributed by atoms with E-state index >= 15 is 0 Å². The van der Waals surface area contributed by atoms with Crippen LogP contribution in [0.15, 0.2) is 142 Å². The molecule has 9 atom stereocenters. The SMILES string of the molecule is CC1=CC=CC2[CH]([Zr+2]([C]3=CC=CC3)=[C](c3ccc(C(C)C)cc3)c3ccc(C(C)C)cc3)C3(C)C4(C)C=CC=CC4(C)C4(C)C=CC=CC4(C)C3(C)C12C.[Cl-].[Cl-]. The molecule has 2 aromatic rings. The molecule has 294 valence electrons. The van der Waals surface area contributed by atoms with E-state index in [4.69, 9.17) is 0 Å². The average molecular weight is 863 g/mol. The van der Waals surface area contributed by atoms with E-state index in [1.165, 1.54) is 22.3 Å². The number of benzene rings is 2. The Balaban J connectivity index is 0.00000266. The Bertz CT molecular complexity index is 2120. The summed E-state index contributed by atoms with van der Waals surface area (Å²) in [5.41, 5.74) is 6.60. The zero-order chi connectivity index (χ0) is 38.7. The molecule has 2 aromatic carbocycles. The van der Waals surface area contributed by atoms with Gasteiger partial charge in [-0.3, -0.25) is 0 Å². The molecule has 6 aliphatic rings. The first-order chi connectivity index (χ1) is 25.5. The molecule has 0 aromatic heterocycles. The third-order valence-corrected chi connectivity index (χ3v) is 27.1. The van der Waals surface area contributed by atoms with Crippen molar-refractivity contribution < 1.29 is 46.1 Å². The van der Waals surface area contributed by atoms with E-state index < -0.39 is 21.3 Å². The molecule has 6 aliphatic carbocycles. The minimum atomic E-state index is -3.00. The number of hydrogen-bond acceptors (Lipinski definition) is 0. The van der Waals surface area contributed by atoms with Crippen molar-refractivity contribution in [1.82, 2.24) is 0 Å². The van der Waals surface area contributed by atoms with E-state index in [2.05, 4.69) is 217 Å². The quantitative estimate of drug-likeness (QED) is 0.275. The van der Waals surface area contributed by atoms with E-state index in [0.717, 1.165) is 6.42 Å².